The molecule has 0 radical (unpaired) electrons. The topological polar surface area (TPSA) is 81.2 Å². The lowest BCUT2D eigenvalue weighted by Crippen LogP contribution is -2.45. The third kappa shape index (κ3) is 3.16. The molecule has 142 valence electrons. The van der Waals surface area contributed by atoms with E-state index in [0.717, 1.165) is 36.1 Å². The zero-order valence-electron chi connectivity index (χ0n) is 15.2. The number of fused-ring (bicyclic) bond motifs is 3. The number of aliphatic imine (C=N–C) groups is 1. The highest BCUT2D eigenvalue weighted by Gasteiger charge is 2.40. The lowest BCUT2D eigenvalue weighted by molar-refractivity contribution is -0.0130. The fourth-order valence-corrected chi connectivity index (χ4v) is 4.21. The van der Waals surface area contributed by atoms with Gasteiger partial charge in [-0.1, -0.05) is 0 Å². The van der Waals surface area contributed by atoms with Crippen LogP contribution in [-0.4, -0.2) is 49.8 Å². The molecule has 0 spiro atoms. The van der Waals surface area contributed by atoms with Gasteiger partial charge in [0.15, 0.2) is 12.0 Å². The number of aryl methyl sites for hydroxylation is 1. The molecule has 5 rings (SSSR count). The summed E-state index contributed by atoms with van der Waals surface area (Å²) in [5.74, 6) is 1.55. The summed E-state index contributed by atoms with van der Waals surface area (Å²) in [5.41, 5.74) is 2.77. The Morgan fingerprint density at radius 2 is 2.19 bits per heavy atom. The first-order chi connectivity index (χ1) is 13.2. The van der Waals surface area contributed by atoms with Gasteiger partial charge >= 0.3 is 0 Å². The largest absolute Gasteiger partial charge is 0.441 e. The molecule has 2 fully saturated rings. The van der Waals surface area contributed by atoms with E-state index in [-0.39, 0.29) is 24.2 Å². The molecular weight excluding hydrogens is 346 g/mol. The van der Waals surface area contributed by atoms with E-state index in [1.54, 1.807) is 6.34 Å². The van der Waals surface area contributed by atoms with Crippen molar-refractivity contribution in [2.45, 2.75) is 50.6 Å². The quantitative estimate of drug-likeness (QED) is 0.838. The lowest BCUT2D eigenvalue weighted by atomic mass is 10.1. The number of carbonyl (C=O) groups is 1. The Hall–Kier alpha value is -2.22. The van der Waals surface area contributed by atoms with E-state index >= 15 is 0 Å². The van der Waals surface area contributed by atoms with Gasteiger partial charge in [0.05, 0.1) is 31.7 Å². The van der Waals surface area contributed by atoms with Crippen LogP contribution in [0.1, 0.15) is 35.7 Å². The van der Waals surface area contributed by atoms with Crippen molar-refractivity contribution in [3.8, 4) is 5.75 Å². The average molecular weight is 369 g/mol. The fraction of sp³-hybridized carbons (Fsp3) is 0.500. The van der Waals surface area contributed by atoms with Gasteiger partial charge in [0.25, 0.3) is 0 Å². The number of Topliss-reactive ketones (excluding diaryl/α,β-unsaturated/α-hetero) is 1. The minimum atomic E-state index is -0.372. The molecule has 1 aromatic carbocycles. The van der Waals surface area contributed by atoms with Crippen molar-refractivity contribution in [1.29, 1.82) is 0 Å². The number of benzene rings is 1. The first-order valence-electron chi connectivity index (χ1n) is 9.49. The van der Waals surface area contributed by atoms with Gasteiger partial charge in [0, 0.05) is 23.6 Å². The van der Waals surface area contributed by atoms with Crippen LogP contribution in [0, 0.1) is 0 Å². The average Bonchev–Trinajstić information content (AvgIpc) is 3.17. The van der Waals surface area contributed by atoms with Crippen LogP contribution in [0.3, 0.4) is 0 Å². The van der Waals surface area contributed by atoms with Crippen LogP contribution in [0.2, 0.25) is 0 Å². The number of carbonyl (C=O) groups excluding carboxylic acids is 1. The van der Waals surface area contributed by atoms with E-state index in [1.807, 2.05) is 25.1 Å². The van der Waals surface area contributed by atoms with Crippen molar-refractivity contribution >= 4 is 12.1 Å². The first kappa shape index (κ1) is 16.9. The summed E-state index contributed by atoms with van der Waals surface area (Å²) >= 11 is 0. The highest BCUT2D eigenvalue weighted by atomic mass is 16.5. The smallest absolute Gasteiger partial charge is 0.201 e. The van der Waals surface area contributed by atoms with E-state index in [4.69, 9.17) is 14.2 Å². The summed E-state index contributed by atoms with van der Waals surface area (Å²) in [7, 11) is 0. The highest BCUT2D eigenvalue weighted by Crippen LogP contribution is 2.29. The predicted molar refractivity (Wildman–Crippen MR) is 98.9 cm³/mol. The molecule has 4 unspecified atom stereocenters. The standard InChI is InChI=1S/C20H23N3O4/c1-11-19(26-14-3-4-15-12(6-14)2-5-17(15)24)21-10-22-20(11)27-18-7-13-8-25-9-16(18)23-13/h3-4,6,10,13,16,18,20,23H,2,5,7-9H2,1H3,(H,21,22). The Balaban J connectivity index is 1.31. The SMILES string of the molecule is CC1=C(Oc2ccc3c(c2)CCC3=O)NC=NC1OC1CC2COCC1N2. The van der Waals surface area contributed by atoms with Crippen LogP contribution < -0.4 is 15.4 Å². The normalized spacial score (nSPS) is 31.8. The zero-order chi connectivity index (χ0) is 18.4. The van der Waals surface area contributed by atoms with Gasteiger partial charge in [-0.2, -0.15) is 0 Å². The monoisotopic (exact) mass is 369 g/mol. The van der Waals surface area contributed by atoms with Crippen LogP contribution in [-0.2, 0) is 15.9 Å². The van der Waals surface area contributed by atoms with Crippen molar-refractivity contribution in [3.05, 3.63) is 40.8 Å². The molecule has 0 aromatic heterocycles. The molecule has 2 N–H and O–H groups in total. The Morgan fingerprint density at radius 1 is 1.26 bits per heavy atom. The van der Waals surface area contributed by atoms with Crippen LogP contribution in [0.15, 0.2) is 34.6 Å². The number of rotatable bonds is 4. The van der Waals surface area contributed by atoms with E-state index < -0.39 is 0 Å². The molecule has 1 aliphatic carbocycles. The van der Waals surface area contributed by atoms with Crippen molar-refractivity contribution < 1.29 is 19.0 Å². The summed E-state index contributed by atoms with van der Waals surface area (Å²) < 4.78 is 17.9. The number of hydrogen-bond acceptors (Lipinski definition) is 7. The van der Waals surface area contributed by atoms with Gasteiger partial charge in [-0.25, -0.2) is 4.99 Å². The fourth-order valence-electron chi connectivity index (χ4n) is 4.21. The second kappa shape index (κ2) is 6.74. The maximum atomic E-state index is 11.8. The molecule has 7 nitrogen and oxygen atoms in total. The van der Waals surface area contributed by atoms with Crippen LogP contribution in [0.4, 0.5) is 0 Å². The van der Waals surface area contributed by atoms with Crippen LogP contribution >= 0.6 is 0 Å². The Bertz CT molecular complexity index is 835. The lowest BCUT2D eigenvalue weighted by Gasteiger charge is -2.27. The minimum Gasteiger partial charge on any atom is -0.441 e. The molecule has 0 saturated carbocycles. The van der Waals surface area contributed by atoms with Crippen molar-refractivity contribution in [3.63, 3.8) is 0 Å². The molecule has 2 bridgehead atoms. The summed E-state index contributed by atoms with van der Waals surface area (Å²) in [6, 6.07) is 6.23. The van der Waals surface area contributed by atoms with E-state index in [1.165, 1.54) is 0 Å². The molecule has 7 heteroatoms. The van der Waals surface area contributed by atoms with Crippen molar-refractivity contribution in [1.82, 2.24) is 10.6 Å². The number of ketones is 1. The zero-order valence-corrected chi connectivity index (χ0v) is 15.2. The molecule has 4 aliphatic rings. The third-order valence-electron chi connectivity index (χ3n) is 5.69. The number of nitrogens with one attached hydrogen (secondary N) is 2. The number of ether oxygens (including phenoxy) is 3. The molecule has 3 heterocycles. The first-order valence-corrected chi connectivity index (χ1v) is 9.49. The Kier molecular flexibility index (Phi) is 4.22. The number of nitrogens with zero attached hydrogens (tertiary/aromatic N) is 1. The van der Waals surface area contributed by atoms with Crippen LogP contribution in [0.5, 0.6) is 5.75 Å². The number of hydrogen-bond donors (Lipinski definition) is 2. The summed E-state index contributed by atoms with van der Waals surface area (Å²) in [5, 5.41) is 6.60. The van der Waals surface area contributed by atoms with Gasteiger partial charge in [-0.05, 0) is 43.5 Å². The molecule has 1 aromatic rings. The molecular formula is C20H23N3O4. The second-order valence-electron chi connectivity index (χ2n) is 7.55. The molecule has 0 amide bonds. The second-order valence-corrected chi connectivity index (χ2v) is 7.55. The van der Waals surface area contributed by atoms with E-state index in [2.05, 4.69) is 15.6 Å². The Labute approximate surface area is 157 Å². The van der Waals surface area contributed by atoms with Gasteiger partial charge in [-0.15, -0.1) is 0 Å². The maximum Gasteiger partial charge on any atom is 0.201 e. The van der Waals surface area contributed by atoms with E-state index in [0.29, 0.717) is 30.7 Å². The van der Waals surface area contributed by atoms with E-state index in [9.17, 15) is 4.79 Å². The van der Waals surface area contributed by atoms with Crippen molar-refractivity contribution in [2.75, 3.05) is 13.2 Å². The third-order valence-corrected chi connectivity index (χ3v) is 5.69. The van der Waals surface area contributed by atoms with Gasteiger partial charge < -0.3 is 24.8 Å². The molecule has 27 heavy (non-hydrogen) atoms. The van der Waals surface area contributed by atoms with Gasteiger partial charge in [-0.3, -0.25) is 4.79 Å². The minimum absolute atomic E-state index is 0.0833. The number of morpholine rings is 1. The maximum absolute atomic E-state index is 11.8. The molecule has 2 saturated heterocycles. The van der Waals surface area contributed by atoms with Gasteiger partial charge in [0.1, 0.15) is 5.75 Å². The Morgan fingerprint density at radius 3 is 3.07 bits per heavy atom. The van der Waals surface area contributed by atoms with Gasteiger partial charge in [0.2, 0.25) is 5.88 Å². The summed E-state index contributed by atoms with van der Waals surface area (Å²) in [4.78, 5) is 16.2. The molecule has 4 atom stereocenters. The van der Waals surface area contributed by atoms with Crippen LogP contribution in [0.25, 0.3) is 0 Å². The predicted octanol–water partition coefficient (Wildman–Crippen LogP) is 1.53. The van der Waals surface area contributed by atoms with Crippen molar-refractivity contribution in [2.24, 2.45) is 4.99 Å². The highest BCUT2D eigenvalue weighted by molar-refractivity contribution is 6.00. The summed E-state index contributed by atoms with van der Waals surface area (Å²) in [6.45, 7) is 3.39. The molecule has 3 aliphatic heterocycles. The summed E-state index contributed by atoms with van der Waals surface area (Å²) in [6.07, 6.45) is 3.64.